The number of nitrogens with two attached hydrogens (primary N) is 1. The topological polar surface area (TPSA) is 140 Å². The minimum atomic E-state index is -0.490. The van der Waals surface area contributed by atoms with Gasteiger partial charge in [0.25, 0.3) is 5.91 Å². The Morgan fingerprint density at radius 1 is 1.22 bits per heavy atom. The Bertz CT molecular complexity index is 1070. The Morgan fingerprint density at radius 3 is 2.47 bits per heavy atom. The van der Waals surface area contributed by atoms with Gasteiger partial charge in [0.1, 0.15) is 0 Å². The molecule has 3 rings (SSSR count). The second-order valence-electron chi connectivity index (χ2n) is 8.30. The first kappa shape index (κ1) is 23.1. The third kappa shape index (κ3) is 5.17. The van der Waals surface area contributed by atoms with Crippen LogP contribution in [0.15, 0.2) is 34.0 Å². The van der Waals surface area contributed by atoms with Crippen LogP contribution in [0.3, 0.4) is 0 Å². The molecule has 0 aliphatic carbocycles. The summed E-state index contributed by atoms with van der Waals surface area (Å²) in [6, 6.07) is 8.01. The summed E-state index contributed by atoms with van der Waals surface area (Å²) in [7, 11) is 0. The van der Waals surface area contributed by atoms with E-state index in [1.54, 1.807) is 6.21 Å². The van der Waals surface area contributed by atoms with Crippen molar-refractivity contribution >= 4 is 17.9 Å². The molecule has 3 N–H and O–H groups in total. The Morgan fingerprint density at radius 2 is 1.91 bits per heavy atom. The SMILES string of the molecule is CCN(CC)Cc1c(C(=O)N/N=C/c2ccc(C(C)(C)C)cc2)nnn1-c1nonc1N. The van der Waals surface area contributed by atoms with Gasteiger partial charge in [-0.25, -0.2) is 10.1 Å². The van der Waals surface area contributed by atoms with E-state index in [2.05, 4.69) is 61.5 Å². The number of benzene rings is 1. The fraction of sp³-hybridized carbons (Fsp3) is 0.429. The normalized spacial score (nSPS) is 12.1. The van der Waals surface area contributed by atoms with Gasteiger partial charge in [0.05, 0.1) is 11.9 Å². The second-order valence-corrected chi connectivity index (χ2v) is 8.30. The summed E-state index contributed by atoms with van der Waals surface area (Å²) < 4.78 is 6.04. The highest BCUT2D eigenvalue weighted by molar-refractivity contribution is 5.94. The van der Waals surface area contributed by atoms with Crippen LogP contribution in [-0.4, -0.2) is 55.4 Å². The smallest absolute Gasteiger partial charge is 0.293 e. The number of hydrogen-bond donors (Lipinski definition) is 2. The van der Waals surface area contributed by atoms with Gasteiger partial charge >= 0.3 is 0 Å². The molecule has 11 heteroatoms. The van der Waals surface area contributed by atoms with Gasteiger partial charge in [-0.2, -0.15) is 9.78 Å². The molecule has 1 aromatic carbocycles. The van der Waals surface area contributed by atoms with Crippen LogP contribution in [0.5, 0.6) is 0 Å². The number of nitrogens with zero attached hydrogens (tertiary/aromatic N) is 7. The maximum absolute atomic E-state index is 12.8. The quantitative estimate of drug-likeness (QED) is 0.402. The Hall–Kier alpha value is -3.60. The Labute approximate surface area is 186 Å². The van der Waals surface area contributed by atoms with Crippen molar-refractivity contribution in [2.24, 2.45) is 5.10 Å². The van der Waals surface area contributed by atoms with Crippen molar-refractivity contribution < 1.29 is 9.42 Å². The van der Waals surface area contributed by atoms with E-state index < -0.39 is 5.91 Å². The molecule has 0 aliphatic heterocycles. The Kier molecular flexibility index (Phi) is 6.98. The van der Waals surface area contributed by atoms with Gasteiger partial charge in [-0.15, -0.1) is 5.10 Å². The molecule has 170 valence electrons. The number of aromatic nitrogens is 5. The number of carbonyl (C=O) groups is 1. The molecule has 2 aromatic heterocycles. The lowest BCUT2D eigenvalue weighted by Crippen LogP contribution is -2.27. The third-order valence-electron chi connectivity index (χ3n) is 5.10. The van der Waals surface area contributed by atoms with E-state index in [1.165, 1.54) is 10.2 Å². The van der Waals surface area contributed by atoms with Gasteiger partial charge in [0, 0.05) is 6.54 Å². The molecular weight excluding hydrogens is 410 g/mol. The lowest BCUT2D eigenvalue weighted by atomic mass is 9.87. The van der Waals surface area contributed by atoms with Crippen LogP contribution in [0.4, 0.5) is 5.82 Å². The van der Waals surface area contributed by atoms with Gasteiger partial charge in [-0.05, 0) is 39.9 Å². The zero-order valence-electron chi connectivity index (χ0n) is 19.0. The van der Waals surface area contributed by atoms with Gasteiger partial charge in [0.15, 0.2) is 5.69 Å². The van der Waals surface area contributed by atoms with Crippen molar-refractivity contribution in [1.82, 2.24) is 35.6 Å². The lowest BCUT2D eigenvalue weighted by Gasteiger charge is -2.18. The molecule has 0 saturated carbocycles. The van der Waals surface area contributed by atoms with Crippen molar-refractivity contribution in [1.29, 1.82) is 0 Å². The molecule has 11 nitrogen and oxygen atoms in total. The largest absolute Gasteiger partial charge is 0.378 e. The van der Waals surface area contributed by atoms with Crippen molar-refractivity contribution in [2.75, 3.05) is 18.8 Å². The monoisotopic (exact) mass is 439 g/mol. The van der Waals surface area contributed by atoms with Crippen LogP contribution < -0.4 is 11.2 Å². The lowest BCUT2D eigenvalue weighted by molar-refractivity contribution is 0.0948. The zero-order valence-corrected chi connectivity index (χ0v) is 19.0. The summed E-state index contributed by atoms with van der Waals surface area (Å²) in [5.41, 5.74) is 11.1. The molecule has 0 spiro atoms. The molecule has 0 atom stereocenters. The highest BCUT2D eigenvalue weighted by Gasteiger charge is 2.25. The minimum absolute atomic E-state index is 0.0550. The van der Waals surface area contributed by atoms with Crippen LogP contribution in [0, 0.1) is 0 Å². The van der Waals surface area contributed by atoms with E-state index in [0.29, 0.717) is 12.2 Å². The van der Waals surface area contributed by atoms with Crippen molar-refractivity contribution in [3.05, 3.63) is 46.8 Å². The predicted molar refractivity (Wildman–Crippen MR) is 120 cm³/mol. The first-order chi connectivity index (χ1) is 15.2. The number of nitrogens with one attached hydrogen (secondary N) is 1. The minimum Gasteiger partial charge on any atom is -0.378 e. The number of hydrazone groups is 1. The number of hydrogen-bond acceptors (Lipinski definition) is 9. The number of nitrogen functional groups attached to an aromatic ring is 1. The molecule has 0 radical (unpaired) electrons. The molecule has 1 amide bonds. The second kappa shape index (κ2) is 9.69. The number of carbonyl (C=O) groups excluding carboxylic acids is 1. The van der Waals surface area contributed by atoms with Crippen LogP contribution >= 0.6 is 0 Å². The highest BCUT2D eigenvalue weighted by atomic mass is 16.6. The molecule has 0 aliphatic rings. The average Bonchev–Trinajstić information content (AvgIpc) is 3.37. The van der Waals surface area contributed by atoms with E-state index in [9.17, 15) is 4.79 Å². The first-order valence-corrected chi connectivity index (χ1v) is 10.4. The standard InChI is InChI=1S/C21H29N9O2/c1-6-29(7-2)13-16-17(24-28-30(16)19-18(22)26-32-27-19)20(31)25-23-12-14-8-10-15(11-9-14)21(3,4)5/h8-12H,6-7,13H2,1-5H3,(H2,22,26)(H,25,31)/b23-12+. The predicted octanol–water partition coefficient (Wildman–Crippen LogP) is 2.14. The van der Waals surface area contributed by atoms with E-state index in [-0.39, 0.29) is 22.7 Å². The van der Waals surface area contributed by atoms with E-state index in [0.717, 1.165) is 18.7 Å². The van der Waals surface area contributed by atoms with Gasteiger partial charge in [-0.3, -0.25) is 9.69 Å². The summed E-state index contributed by atoms with van der Waals surface area (Å²) in [6.07, 6.45) is 1.58. The molecule has 0 fully saturated rings. The third-order valence-corrected chi connectivity index (χ3v) is 5.10. The molecule has 3 aromatic rings. The van der Waals surface area contributed by atoms with Crippen molar-refractivity contribution in [3.63, 3.8) is 0 Å². The van der Waals surface area contributed by atoms with E-state index in [4.69, 9.17) is 5.73 Å². The summed E-state index contributed by atoms with van der Waals surface area (Å²) >= 11 is 0. The fourth-order valence-electron chi connectivity index (χ4n) is 3.07. The summed E-state index contributed by atoms with van der Waals surface area (Å²) in [4.78, 5) is 14.9. The van der Waals surface area contributed by atoms with Gasteiger partial charge in [-0.1, -0.05) is 64.1 Å². The molecule has 32 heavy (non-hydrogen) atoms. The van der Waals surface area contributed by atoms with Crippen molar-refractivity contribution in [2.45, 2.75) is 46.6 Å². The van der Waals surface area contributed by atoms with Gasteiger partial charge < -0.3 is 5.73 Å². The van der Waals surface area contributed by atoms with Crippen LogP contribution in [0.25, 0.3) is 5.82 Å². The first-order valence-electron chi connectivity index (χ1n) is 10.4. The number of anilines is 1. The van der Waals surface area contributed by atoms with Crippen LogP contribution in [0.2, 0.25) is 0 Å². The molecule has 0 saturated heterocycles. The Balaban J connectivity index is 1.80. The molecule has 2 heterocycles. The summed E-state index contributed by atoms with van der Waals surface area (Å²) in [5, 5.41) is 19.5. The summed E-state index contributed by atoms with van der Waals surface area (Å²) in [6.45, 7) is 12.5. The maximum atomic E-state index is 12.8. The van der Waals surface area contributed by atoms with Gasteiger partial charge in [0.2, 0.25) is 11.6 Å². The van der Waals surface area contributed by atoms with E-state index in [1.807, 2.05) is 38.1 Å². The highest BCUT2D eigenvalue weighted by Crippen LogP contribution is 2.22. The van der Waals surface area contributed by atoms with Crippen LogP contribution in [0.1, 0.15) is 61.9 Å². The maximum Gasteiger partial charge on any atom is 0.293 e. The summed E-state index contributed by atoms with van der Waals surface area (Å²) in [5.74, 6) is -0.253. The number of rotatable bonds is 8. The van der Waals surface area contributed by atoms with Crippen molar-refractivity contribution in [3.8, 4) is 5.82 Å². The average molecular weight is 440 g/mol. The van der Waals surface area contributed by atoms with E-state index >= 15 is 0 Å². The number of amides is 1. The molecular formula is C21H29N9O2. The fourth-order valence-corrected chi connectivity index (χ4v) is 3.07. The molecule has 0 bridgehead atoms. The zero-order chi connectivity index (χ0) is 23.3. The molecule has 0 unspecified atom stereocenters. The van der Waals surface area contributed by atoms with Crippen LogP contribution in [-0.2, 0) is 12.0 Å².